The van der Waals surface area contributed by atoms with Crippen LogP contribution in [0.25, 0.3) is 0 Å². The van der Waals surface area contributed by atoms with Crippen molar-refractivity contribution in [1.29, 1.82) is 0 Å². The van der Waals surface area contributed by atoms with Gasteiger partial charge in [0.15, 0.2) is 0 Å². The first-order valence-electron chi connectivity index (χ1n) is 6.73. The monoisotopic (exact) mass is 247 g/mol. The summed E-state index contributed by atoms with van der Waals surface area (Å²) in [5.74, 6) is 0.754. The number of benzene rings is 1. The van der Waals surface area contributed by atoms with Gasteiger partial charge in [-0.15, -0.1) is 0 Å². The molecule has 1 aliphatic rings. The quantitative estimate of drug-likeness (QED) is 0.866. The topological polar surface area (TPSA) is 38.3 Å². The molecule has 3 heteroatoms. The number of hydrogen-bond acceptors (Lipinski definition) is 2. The Morgan fingerprint density at radius 1 is 1.22 bits per heavy atom. The first kappa shape index (κ1) is 13.1. The van der Waals surface area contributed by atoms with Crippen molar-refractivity contribution >= 4 is 5.91 Å². The van der Waals surface area contributed by atoms with E-state index in [-0.39, 0.29) is 5.91 Å². The molecule has 0 spiro atoms. The third kappa shape index (κ3) is 4.49. The molecular formula is C15H21NO2. The number of amides is 1. The Morgan fingerprint density at radius 3 is 2.67 bits per heavy atom. The standard InChI is InChI=1S/C15H21NO2/c17-15(7-6-13-4-2-1-3-5-13)16-12-14-8-10-18-11-9-14/h1-5,14H,6-12H2,(H,16,17). The van der Waals surface area contributed by atoms with Crippen molar-refractivity contribution in [1.82, 2.24) is 5.32 Å². The minimum Gasteiger partial charge on any atom is -0.381 e. The van der Waals surface area contributed by atoms with Crippen LogP contribution in [-0.2, 0) is 16.0 Å². The molecule has 1 amide bonds. The van der Waals surface area contributed by atoms with Crippen molar-refractivity contribution in [3.05, 3.63) is 35.9 Å². The molecular weight excluding hydrogens is 226 g/mol. The fraction of sp³-hybridized carbons (Fsp3) is 0.533. The first-order chi connectivity index (χ1) is 8.84. The lowest BCUT2D eigenvalue weighted by Gasteiger charge is -2.22. The minimum absolute atomic E-state index is 0.158. The van der Waals surface area contributed by atoms with Crippen LogP contribution >= 0.6 is 0 Å². The number of carbonyl (C=O) groups excluding carboxylic acids is 1. The fourth-order valence-corrected chi connectivity index (χ4v) is 2.20. The van der Waals surface area contributed by atoms with Gasteiger partial charge in [0.25, 0.3) is 0 Å². The number of hydrogen-bond donors (Lipinski definition) is 1. The van der Waals surface area contributed by atoms with Crippen LogP contribution in [-0.4, -0.2) is 25.7 Å². The molecule has 0 radical (unpaired) electrons. The summed E-state index contributed by atoms with van der Waals surface area (Å²) < 4.78 is 5.30. The van der Waals surface area contributed by atoms with E-state index in [1.54, 1.807) is 0 Å². The van der Waals surface area contributed by atoms with Crippen molar-refractivity contribution in [3.8, 4) is 0 Å². The van der Waals surface area contributed by atoms with E-state index in [1.165, 1.54) is 5.56 Å². The number of aryl methyl sites for hydroxylation is 1. The summed E-state index contributed by atoms with van der Waals surface area (Å²) in [6.07, 6.45) is 3.53. The van der Waals surface area contributed by atoms with Gasteiger partial charge in [0, 0.05) is 26.2 Å². The third-order valence-electron chi connectivity index (χ3n) is 3.41. The maximum atomic E-state index is 11.7. The summed E-state index contributed by atoms with van der Waals surface area (Å²) in [5.41, 5.74) is 1.22. The van der Waals surface area contributed by atoms with Crippen LogP contribution in [0.2, 0.25) is 0 Å². The first-order valence-corrected chi connectivity index (χ1v) is 6.73. The Balaban J connectivity index is 1.63. The lowest BCUT2D eigenvalue weighted by molar-refractivity contribution is -0.121. The fourth-order valence-electron chi connectivity index (χ4n) is 2.20. The zero-order valence-corrected chi connectivity index (χ0v) is 10.7. The highest BCUT2D eigenvalue weighted by atomic mass is 16.5. The summed E-state index contributed by atoms with van der Waals surface area (Å²) >= 11 is 0. The molecule has 18 heavy (non-hydrogen) atoms. The van der Waals surface area contributed by atoms with Gasteiger partial charge in [-0.25, -0.2) is 0 Å². The molecule has 1 aromatic rings. The molecule has 98 valence electrons. The molecule has 3 nitrogen and oxygen atoms in total. The molecule has 0 saturated carbocycles. The van der Waals surface area contributed by atoms with Gasteiger partial charge in [-0.1, -0.05) is 30.3 Å². The van der Waals surface area contributed by atoms with Crippen molar-refractivity contribution in [2.75, 3.05) is 19.8 Å². The number of nitrogens with one attached hydrogen (secondary N) is 1. The number of carbonyl (C=O) groups is 1. The highest BCUT2D eigenvalue weighted by Crippen LogP contribution is 2.13. The summed E-state index contributed by atoms with van der Waals surface area (Å²) in [6.45, 7) is 2.48. The average Bonchev–Trinajstić information content (AvgIpc) is 2.45. The van der Waals surface area contributed by atoms with Crippen LogP contribution in [0.4, 0.5) is 0 Å². The lowest BCUT2D eigenvalue weighted by atomic mass is 10.0. The largest absolute Gasteiger partial charge is 0.381 e. The van der Waals surface area contributed by atoms with E-state index in [9.17, 15) is 4.79 Å². The van der Waals surface area contributed by atoms with Gasteiger partial charge in [-0.3, -0.25) is 4.79 Å². The maximum Gasteiger partial charge on any atom is 0.220 e. The zero-order valence-electron chi connectivity index (χ0n) is 10.7. The number of ether oxygens (including phenoxy) is 1. The summed E-state index contributed by atoms with van der Waals surface area (Å²) in [4.78, 5) is 11.7. The smallest absolute Gasteiger partial charge is 0.220 e. The summed E-state index contributed by atoms with van der Waals surface area (Å²) in [6, 6.07) is 10.1. The molecule has 2 rings (SSSR count). The van der Waals surface area contributed by atoms with E-state index in [0.29, 0.717) is 12.3 Å². The van der Waals surface area contributed by atoms with Gasteiger partial charge in [-0.05, 0) is 30.7 Å². The van der Waals surface area contributed by atoms with E-state index < -0.39 is 0 Å². The third-order valence-corrected chi connectivity index (χ3v) is 3.41. The predicted molar refractivity (Wildman–Crippen MR) is 71.3 cm³/mol. The highest BCUT2D eigenvalue weighted by molar-refractivity contribution is 5.76. The van der Waals surface area contributed by atoms with Gasteiger partial charge in [0.05, 0.1) is 0 Å². The predicted octanol–water partition coefficient (Wildman–Crippen LogP) is 2.16. The second-order valence-corrected chi connectivity index (χ2v) is 4.85. The molecule has 1 N–H and O–H groups in total. The van der Waals surface area contributed by atoms with Crippen molar-refractivity contribution < 1.29 is 9.53 Å². The minimum atomic E-state index is 0.158. The highest BCUT2D eigenvalue weighted by Gasteiger charge is 2.14. The van der Waals surface area contributed by atoms with Gasteiger partial charge >= 0.3 is 0 Å². The summed E-state index contributed by atoms with van der Waals surface area (Å²) in [5, 5.41) is 3.03. The molecule has 0 atom stereocenters. The average molecular weight is 247 g/mol. The Bertz CT molecular complexity index is 358. The molecule has 1 aliphatic heterocycles. The van der Waals surface area contributed by atoms with Gasteiger partial charge < -0.3 is 10.1 Å². The van der Waals surface area contributed by atoms with Crippen LogP contribution in [0.15, 0.2) is 30.3 Å². The molecule has 1 saturated heterocycles. The molecule has 1 fully saturated rings. The Kier molecular flexibility index (Phi) is 5.21. The molecule has 0 unspecified atom stereocenters. The van der Waals surface area contributed by atoms with E-state index in [1.807, 2.05) is 18.2 Å². The van der Waals surface area contributed by atoms with Crippen LogP contribution in [0.1, 0.15) is 24.8 Å². The van der Waals surface area contributed by atoms with Crippen molar-refractivity contribution in [3.63, 3.8) is 0 Å². The lowest BCUT2D eigenvalue weighted by Crippen LogP contribution is -2.32. The maximum absolute atomic E-state index is 11.7. The van der Waals surface area contributed by atoms with E-state index in [4.69, 9.17) is 4.74 Å². The Morgan fingerprint density at radius 2 is 1.94 bits per heavy atom. The normalized spacial score (nSPS) is 16.4. The van der Waals surface area contributed by atoms with Gasteiger partial charge in [0.2, 0.25) is 5.91 Å². The van der Waals surface area contributed by atoms with E-state index in [0.717, 1.165) is 39.0 Å². The van der Waals surface area contributed by atoms with E-state index >= 15 is 0 Å². The van der Waals surface area contributed by atoms with E-state index in [2.05, 4.69) is 17.4 Å². The van der Waals surface area contributed by atoms with Crippen LogP contribution in [0, 0.1) is 5.92 Å². The SMILES string of the molecule is O=C(CCc1ccccc1)NCC1CCOCC1. The zero-order chi connectivity index (χ0) is 12.6. The Hall–Kier alpha value is -1.35. The van der Waals surface area contributed by atoms with Gasteiger partial charge in [-0.2, -0.15) is 0 Å². The van der Waals surface area contributed by atoms with Crippen molar-refractivity contribution in [2.24, 2.45) is 5.92 Å². The molecule has 0 bridgehead atoms. The van der Waals surface area contributed by atoms with Crippen LogP contribution in [0.3, 0.4) is 0 Å². The second-order valence-electron chi connectivity index (χ2n) is 4.85. The van der Waals surface area contributed by atoms with Crippen molar-refractivity contribution in [2.45, 2.75) is 25.7 Å². The van der Waals surface area contributed by atoms with Crippen LogP contribution < -0.4 is 5.32 Å². The summed E-state index contributed by atoms with van der Waals surface area (Å²) in [7, 11) is 0. The molecule has 1 heterocycles. The molecule has 1 aromatic carbocycles. The molecule has 0 aliphatic carbocycles. The Labute approximate surface area is 109 Å². The molecule has 0 aromatic heterocycles. The number of rotatable bonds is 5. The second kappa shape index (κ2) is 7.17. The van der Waals surface area contributed by atoms with Gasteiger partial charge in [0.1, 0.15) is 0 Å². The van der Waals surface area contributed by atoms with Crippen LogP contribution in [0.5, 0.6) is 0 Å².